The second-order valence-corrected chi connectivity index (χ2v) is 8.12. The summed E-state index contributed by atoms with van der Waals surface area (Å²) in [6.07, 6.45) is 9.52. The highest BCUT2D eigenvalue weighted by atomic mass is 14.3. The number of benzene rings is 2. The van der Waals surface area contributed by atoms with Crippen molar-refractivity contribution in [3.05, 3.63) is 59.7 Å². The Balaban J connectivity index is 1.58. The van der Waals surface area contributed by atoms with Crippen molar-refractivity contribution < 1.29 is 0 Å². The Morgan fingerprint density at radius 3 is 1.76 bits per heavy atom. The van der Waals surface area contributed by atoms with Crippen molar-refractivity contribution in [2.24, 2.45) is 17.8 Å². The predicted octanol–water partition coefficient (Wildman–Crippen LogP) is 7.31. The minimum atomic E-state index is 0.812. The molecule has 0 heteroatoms. The smallest absolute Gasteiger partial charge is 0.0184 e. The summed E-state index contributed by atoms with van der Waals surface area (Å²) in [5, 5.41) is 0. The van der Waals surface area contributed by atoms with Crippen LogP contribution in [0.25, 0.3) is 11.1 Å². The monoisotopic (exact) mass is 334 g/mol. The van der Waals surface area contributed by atoms with Gasteiger partial charge in [0.05, 0.1) is 0 Å². The van der Waals surface area contributed by atoms with E-state index in [9.17, 15) is 0 Å². The Hall–Kier alpha value is -1.56. The van der Waals surface area contributed by atoms with Crippen LogP contribution in [0.1, 0.15) is 64.0 Å². The molecular weight excluding hydrogens is 300 g/mol. The van der Waals surface area contributed by atoms with Gasteiger partial charge in [-0.15, -0.1) is 0 Å². The Morgan fingerprint density at radius 2 is 1.28 bits per heavy atom. The zero-order valence-electron chi connectivity index (χ0n) is 16.3. The molecule has 2 aromatic carbocycles. The minimum Gasteiger partial charge on any atom is -0.0651 e. The molecule has 0 N–H and O–H groups in total. The van der Waals surface area contributed by atoms with Gasteiger partial charge in [-0.25, -0.2) is 0 Å². The first-order valence-corrected chi connectivity index (χ1v) is 10.4. The molecule has 0 spiro atoms. The molecule has 1 saturated carbocycles. The van der Waals surface area contributed by atoms with Crippen LogP contribution in [-0.4, -0.2) is 0 Å². The van der Waals surface area contributed by atoms with Crippen molar-refractivity contribution in [3.63, 3.8) is 0 Å². The van der Waals surface area contributed by atoms with E-state index >= 15 is 0 Å². The maximum Gasteiger partial charge on any atom is -0.0184 e. The third kappa shape index (κ3) is 4.75. The molecule has 1 atom stereocenters. The molecule has 1 aliphatic carbocycles. The van der Waals surface area contributed by atoms with Crippen LogP contribution in [0, 0.1) is 17.8 Å². The summed E-state index contributed by atoms with van der Waals surface area (Å²) in [6.45, 7) is 7.03. The first-order valence-electron chi connectivity index (χ1n) is 10.4. The largest absolute Gasteiger partial charge is 0.0651 e. The van der Waals surface area contributed by atoms with Gasteiger partial charge in [-0.3, -0.25) is 0 Å². The van der Waals surface area contributed by atoms with Crippen LogP contribution in [-0.2, 0) is 12.8 Å². The lowest BCUT2D eigenvalue weighted by molar-refractivity contribution is 0.210. The maximum atomic E-state index is 2.47. The quantitative estimate of drug-likeness (QED) is 0.519. The fourth-order valence-electron chi connectivity index (χ4n) is 4.47. The molecule has 0 amide bonds. The lowest BCUT2D eigenvalue weighted by atomic mass is 9.74. The van der Waals surface area contributed by atoms with Gasteiger partial charge in [0, 0.05) is 0 Å². The predicted molar refractivity (Wildman–Crippen MR) is 110 cm³/mol. The summed E-state index contributed by atoms with van der Waals surface area (Å²) in [6, 6.07) is 18.3. The Labute approximate surface area is 154 Å². The molecule has 1 aliphatic rings. The van der Waals surface area contributed by atoms with E-state index in [2.05, 4.69) is 69.3 Å². The average molecular weight is 335 g/mol. The van der Waals surface area contributed by atoms with Gasteiger partial charge in [0.15, 0.2) is 0 Å². The summed E-state index contributed by atoms with van der Waals surface area (Å²) in [4.78, 5) is 0. The van der Waals surface area contributed by atoms with Crippen molar-refractivity contribution >= 4 is 0 Å². The number of aryl methyl sites for hydroxylation is 1. The summed E-state index contributed by atoms with van der Waals surface area (Å²) < 4.78 is 0. The van der Waals surface area contributed by atoms with Gasteiger partial charge in [-0.1, -0.05) is 88.6 Å². The SMILES string of the molecule is CCc1ccc(-c2ccc(CC(C)C3CCC(CC)CC3)cc2)cc1. The second kappa shape index (κ2) is 8.70. The molecule has 1 fully saturated rings. The first-order chi connectivity index (χ1) is 12.2. The maximum absolute atomic E-state index is 2.47. The topological polar surface area (TPSA) is 0 Å². The van der Waals surface area contributed by atoms with Gasteiger partial charge in [-0.05, 0) is 65.7 Å². The van der Waals surface area contributed by atoms with Gasteiger partial charge in [0.1, 0.15) is 0 Å². The summed E-state index contributed by atoms with van der Waals surface area (Å²) >= 11 is 0. The molecule has 0 nitrogen and oxygen atoms in total. The highest BCUT2D eigenvalue weighted by Gasteiger charge is 2.24. The van der Waals surface area contributed by atoms with E-state index in [1.807, 2.05) is 0 Å². The average Bonchev–Trinajstić information content (AvgIpc) is 2.68. The lowest BCUT2D eigenvalue weighted by Crippen LogP contribution is -2.21. The van der Waals surface area contributed by atoms with E-state index in [0.717, 1.165) is 24.2 Å². The molecule has 0 radical (unpaired) electrons. The Bertz CT molecular complexity index is 627. The van der Waals surface area contributed by atoms with Gasteiger partial charge in [0.25, 0.3) is 0 Å². The second-order valence-electron chi connectivity index (χ2n) is 8.12. The van der Waals surface area contributed by atoms with Crippen LogP contribution in [0.15, 0.2) is 48.5 Å². The van der Waals surface area contributed by atoms with E-state index in [1.165, 1.54) is 60.8 Å². The molecule has 0 aromatic heterocycles. The Kier molecular flexibility index (Phi) is 6.34. The standard InChI is InChI=1S/C25H34/c1-4-20-6-12-23(13-7-20)19(3)18-22-10-16-25(17-11-22)24-14-8-21(5-2)9-15-24/h8-11,14-17,19-20,23H,4-7,12-13,18H2,1-3H3. The Morgan fingerprint density at radius 1 is 0.760 bits per heavy atom. The molecule has 0 aliphatic heterocycles. The van der Waals surface area contributed by atoms with E-state index in [1.54, 1.807) is 0 Å². The molecule has 0 bridgehead atoms. The number of hydrogen-bond donors (Lipinski definition) is 0. The van der Waals surface area contributed by atoms with Crippen LogP contribution < -0.4 is 0 Å². The third-order valence-electron chi connectivity index (χ3n) is 6.48. The fraction of sp³-hybridized carbons (Fsp3) is 0.520. The molecule has 0 heterocycles. The van der Waals surface area contributed by atoms with Gasteiger partial charge in [-0.2, -0.15) is 0 Å². The van der Waals surface area contributed by atoms with Gasteiger partial charge >= 0.3 is 0 Å². The highest BCUT2D eigenvalue weighted by molar-refractivity contribution is 5.63. The molecular formula is C25H34. The summed E-state index contributed by atoms with van der Waals surface area (Å²) in [5.74, 6) is 2.75. The van der Waals surface area contributed by atoms with E-state index in [-0.39, 0.29) is 0 Å². The van der Waals surface area contributed by atoms with Crippen LogP contribution >= 0.6 is 0 Å². The zero-order chi connectivity index (χ0) is 17.6. The molecule has 134 valence electrons. The van der Waals surface area contributed by atoms with Crippen LogP contribution in [0.4, 0.5) is 0 Å². The lowest BCUT2D eigenvalue weighted by Gasteiger charge is -2.32. The number of rotatable bonds is 6. The molecule has 1 unspecified atom stereocenters. The van der Waals surface area contributed by atoms with Crippen LogP contribution in [0.3, 0.4) is 0 Å². The minimum absolute atomic E-state index is 0.812. The molecule has 3 rings (SSSR count). The van der Waals surface area contributed by atoms with E-state index < -0.39 is 0 Å². The normalized spacial score (nSPS) is 21.9. The van der Waals surface area contributed by atoms with Gasteiger partial charge in [0.2, 0.25) is 0 Å². The highest BCUT2D eigenvalue weighted by Crippen LogP contribution is 2.36. The molecule has 25 heavy (non-hydrogen) atoms. The van der Waals surface area contributed by atoms with Crippen molar-refractivity contribution in [3.8, 4) is 11.1 Å². The molecule has 2 aromatic rings. The van der Waals surface area contributed by atoms with Crippen molar-refractivity contribution in [1.29, 1.82) is 0 Å². The van der Waals surface area contributed by atoms with E-state index in [4.69, 9.17) is 0 Å². The van der Waals surface area contributed by atoms with Crippen molar-refractivity contribution in [2.75, 3.05) is 0 Å². The van der Waals surface area contributed by atoms with Gasteiger partial charge < -0.3 is 0 Å². The van der Waals surface area contributed by atoms with Crippen LogP contribution in [0.2, 0.25) is 0 Å². The zero-order valence-corrected chi connectivity index (χ0v) is 16.3. The fourth-order valence-corrected chi connectivity index (χ4v) is 4.47. The van der Waals surface area contributed by atoms with E-state index in [0.29, 0.717) is 0 Å². The third-order valence-corrected chi connectivity index (χ3v) is 6.48. The summed E-state index contributed by atoms with van der Waals surface area (Å²) in [7, 11) is 0. The molecule has 0 saturated heterocycles. The first kappa shape index (κ1) is 18.2. The van der Waals surface area contributed by atoms with Crippen LogP contribution in [0.5, 0.6) is 0 Å². The summed E-state index contributed by atoms with van der Waals surface area (Å²) in [5.41, 5.74) is 5.57. The van der Waals surface area contributed by atoms with Crippen molar-refractivity contribution in [2.45, 2.75) is 65.7 Å². The number of hydrogen-bond acceptors (Lipinski definition) is 0. The van der Waals surface area contributed by atoms with Crippen molar-refractivity contribution in [1.82, 2.24) is 0 Å².